The molecular weight excluding hydrogens is 553 g/mol. The Bertz CT molecular complexity index is 699. The number of nitrogens with one attached hydrogen (secondary N) is 1. The van der Waals surface area contributed by atoms with Crippen molar-refractivity contribution < 1.29 is 0 Å². The fraction of sp³-hybridized carbons (Fsp3) is 0.829. The first-order chi connectivity index (χ1) is 21.7. The molecule has 0 unspecified atom stereocenters. The van der Waals surface area contributed by atoms with E-state index in [1.54, 1.807) is 11.8 Å². The zero-order valence-corrected chi connectivity index (χ0v) is 30.9. The second-order valence-electron chi connectivity index (χ2n) is 13.5. The predicted octanol–water partition coefficient (Wildman–Crippen LogP) is 14.5. The Morgan fingerprint density at radius 2 is 0.750 bits per heavy atom. The van der Waals surface area contributed by atoms with Crippen molar-refractivity contribution >= 4 is 22.5 Å². The van der Waals surface area contributed by atoms with Gasteiger partial charge in [-0.05, 0) is 30.7 Å². The molecule has 0 aromatic heterocycles. The lowest BCUT2D eigenvalue weighted by Crippen LogP contribution is -2.25. The quantitative estimate of drug-likeness (QED) is 0.0476. The second kappa shape index (κ2) is 32.0. The van der Waals surface area contributed by atoms with Crippen LogP contribution in [0.1, 0.15) is 206 Å². The summed E-state index contributed by atoms with van der Waals surface area (Å²) < 4.78 is 0. The summed E-state index contributed by atoms with van der Waals surface area (Å²) in [5.74, 6) is 0.963. The molecular formula is C41H76N2S. The third-order valence-electron chi connectivity index (χ3n) is 9.35. The number of benzene rings is 1. The maximum atomic E-state index is 8.30. The predicted molar refractivity (Wildman–Crippen MR) is 204 cm³/mol. The first-order valence-electron chi connectivity index (χ1n) is 19.8. The summed E-state index contributed by atoms with van der Waals surface area (Å²) in [5.41, 5.74) is 2.42. The van der Waals surface area contributed by atoms with E-state index in [4.69, 9.17) is 5.41 Å². The molecule has 1 aromatic carbocycles. The van der Waals surface area contributed by atoms with Crippen LogP contribution in [0.5, 0.6) is 0 Å². The Morgan fingerprint density at radius 1 is 0.455 bits per heavy atom. The van der Waals surface area contributed by atoms with Gasteiger partial charge in [0, 0.05) is 24.3 Å². The van der Waals surface area contributed by atoms with Gasteiger partial charge in [-0.2, -0.15) is 0 Å². The molecule has 0 saturated heterocycles. The molecule has 0 bridgehead atoms. The van der Waals surface area contributed by atoms with Gasteiger partial charge in [0.1, 0.15) is 0 Å². The second-order valence-corrected chi connectivity index (χ2v) is 14.8. The van der Waals surface area contributed by atoms with Crippen molar-refractivity contribution in [3.63, 3.8) is 0 Å². The fourth-order valence-electron chi connectivity index (χ4n) is 6.42. The van der Waals surface area contributed by atoms with Gasteiger partial charge in [-0.15, -0.1) is 11.8 Å². The zero-order chi connectivity index (χ0) is 31.8. The average Bonchev–Trinajstić information content (AvgIpc) is 3.04. The van der Waals surface area contributed by atoms with E-state index in [1.165, 1.54) is 199 Å². The van der Waals surface area contributed by atoms with E-state index in [0.717, 1.165) is 11.3 Å². The normalized spacial score (nSPS) is 11.3. The van der Waals surface area contributed by atoms with Crippen molar-refractivity contribution in [3.05, 3.63) is 29.8 Å². The number of hydrogen-bond donors (Lipinski definition) is 1. The average molecular weight is 629 g/mol. The van der Waals surface area contributed by atoms with Gasteiger partial charge in [0.15, 0.2) is 0 Å². The van der Waals surface area contributed by atoms with E-state index in [-0.39, 0.29) is 0 Å². The lowest BCUT2D eigenvalue weighted by atomic mass is 10.0. The number of nitrogens with zero attached hydrogens (tertiary/aromatic N) is 1. The minimum Gasteiger partial charge on any atom is -0.372 e. The van der Waals surface area contributed by atoms with Crippen LogP contribution in [-0.2, 0) is 0 Å². The summed E-state index contributed by atoms with van der Waals surface area (Å²) in [7, 11) is 0. The number of rotatable bonds is 33. The molecule has 0 amide bonds. The summed E-state index contributed by atoms with van der Waals surface area (Å²) >= 11 is 1.63. The molecule has 2 nitrogen and oxygen atoms in total. The molecule has 1 N–H and O–H groups in total. The third kappa shape index (κ3) is 24.3. The van der Waals surface area contributed by atoms with Crippen LogP contribution in [0.2, 0.25) is 0 Å². The highest BCUT2D eigenvalue weighted by Crippen LogP contribution is 2.21. The van der Waals surface area contributed by atoms with Gasteiger partial charge in [-0.3, -0.25) is 5.41 Å². The highest BCUT2D eigenvalue weighted by Gasteiger charge is 2.08. The minimum absolute atomic E-state index is 0.699. The van der Waals surface area contributed by atoms with Crippen LogP contribution in [0.3, 0.4) is 0 Å². The maximum absolute atomic E-state index is 8.30. The topological polar surface area (TPSA) is 27.1 Å². The number of hydrogen-bond acceptors (Lipinski definition) is 3. The van der Waals surface area contributed by atoms with Crippen LogP contribution in [0.15, 0.2) is 24.3 Å². The van der Waals surface area contributed by atoms with Gasteiger partial charge < -0.3 is 4.90 Å². The molecule has 256 valence electrons. The maximum Gasteiger partial charge on any atom is 0.0942 e. The summed E-state index contributed by atoms with van der Waals surface area (Å²) in [6.45, 7) is 9.09. The van der Waals surface area contributed by atoms with Crippen molar-refractivity contribution in [3.8, 4) is 0 Å². The SMILES string of the molecule is CCCCCCCCCCCCCCCCN(CCCCCCCCCCCCCCCC)c1ccc(C(=N)SCC)cc1. The van der Waals surface area contributed by atoms with E-state index >= 15 is 0 Å². The van der Waals surface area contributed by atoms with Crippen LogP contribution < -0.4 is 4.90 Å². The number of unbranched alkanes of at least 4 members (excludes halogenated alkanes) is 26. The highest BCUT2D eigenvalue weighted by molar-refractivity contribution is 8.14. The number of anilines is 1. The molecule has 1 aromatic rings. The van der Waals surface area contributed by atoms with Crippen LogP contribution in [-0.4, -0.2) is 23.9 Å². The molecule has 0 fully saturated rings. The summed E-state index contributed by atoms with van der Waals surface area (Å²) in [4.78, 5) is 2.64. The minimum atomic E-state index is 0.699. The molecule has 0 aliphatic rings. The van der Waals surface area contributed by atoms with Gasteiger partial charge >= 0.3 is 0 Å². The largest absolute Gasteiger partial charge is 0.372 e. The van der Waals surface area contributed by atoms with E-state index in [1.807, 2.05) is 0 Å². The Morgan fingerprint density at radius 3 is 1.05 bits per heavy atom. The van der Waals surface area contributed by atoms with Gasteiger partial charge in [-0.1, -0.05) is 200 Å². The first kappa shape index (κ1) is 41.1. The molecule has 3 heteroatoms. The summed E-state index contributed by atoms with van der Waals surface area (Å²) in [6, 6.07) is 8.88. The van der Waals surface area contributed by atoms with Gasteiger partial charge in [0.25, 0.3) is 0 Å². The molecule has 0 aliphatic carbocycles. The molecule has 0 spiro atoms. The third-order valence-corrected chi connectivity index (χ3v) is 10.2. The Balaban J connectivity index is 2.23. The first-order valence-corrected chi connectivity index (χ1v) is 20.8. The molecule has 0 atom stereocenters. The van der Waals surface area contributed by atoms with Crippen LogP contribution in [0.4, 0.5) is 5.69 Å². The van der Waals surface area contributed by atoms with Crippen LogP contribution in [0, 0.1) is 5.41 Å². The highest BCUT2D eigenvalue weighted by atomic mass is 32.2. The zero-order valence-electron chi connectivity index (χ0n) is 30.1. The van der Waals surface area contributed by atoms with Crippen LogP contribution in [0.25, 0.3) is 0 Å². The van der Waals surface area contributed by atoms with Crippen molar-refractivity contribution in [2.75, 3.05) is 23.7 Å². The monoisotopic (exact) mass is 629 g/mol. The number of thioether (sulfide) groups is 1. The molecule has 0 radical (unpaired) electrons. The van der Waals surface area contributed by atoms with Crippen LogP contribution >= 0.6 is 11.8 Å². The summed E-state index contributed by atoms with van der Waals surface area (Å²) in [5, 5.41) is 8.99. The van der Waals surface area contributed by atoms with E-state index < -0.39 is 0 Å². The Labute approximate surface area is 281 Å². The standard InChI is InChI=1S/C41H76N2S/c1-4-7-9-11-13-15-17-19-21-23-25-27-29-31-37-43(40-35-33-39(34-36-40)41(42)44-6-3)38-32-30-28-26-24-22-20-18-16-14-12-10-8-5-2/h33-36,42H,4-32,37-38H2,1-3H3. The molecule has 0 saturated carbocycles. The van der Waals surface area contributed by atoms with E-state index in [2.05, 4.69) is 49.9 Å². The molecule has 0 heterocycles. The molecule has 0 aliphatic heterocycles. The van der Waals surface area contributed by atoms with Gasteiger partial charge in [0.05, 0.1) is 5.04 Å². The van der Waals surface area contributed by atoms with E-state index in [9.17, 15) is 0 Å². The lowest BCUT2D eigenvalue weighted by Gasteiger charge is -2.25. The fourth-order valence-corrected chi connectivity index (χ4v) is 7.01. The van der Waals surface area contributed by atoms with E-state index in [0.29, 0.717) is 5.04 Å². The molecule has 1 rings (SSSR count). The van der Waals surface area contributed by atoms with Crippen molar-refractivity contribution in [2.24, 2.45) is 0 Å². The van der Waals surface area contributed by atoms with Gasteiger partial charge in [0.2, 0.25) is 0 Å². The Kier molecular flexibility index (Phi) is 29.9. The lowest BCUT2D eigenvalue weighted by molar-refractivity contribution is 0.529. The summed E-state index contributed by atoms with van der Waals surface area (Å²) in [6.07, 6.45) is 39.7. The smallest absolute Gasteiger partial charge is 0.0942 e. The van der Waals surface area contributed by atoms with Crippen molar-refractivity contribution in [1.29, 1.82) is 5.41 Å². The Hall–Kier alpha value is -0.960. The molecule has 44 heavy (non-hydrogen) atoms. The van der Waals surface area contributed by atoms with Crippen molar-refractivity contribution in [2.45, 2.75) is 201 Å². The van der Waals surface area contributed by atoms with Gasteiger partial charge in [-0.25, -0.2) is 0 Å². The van der Waals surface area contributed by atoms with Crippen molar-refractivity contribution in [1.82, 2.24) is 0 Å².